The Hall–Kier alpha value is -0.280. The van der Waals surface area contributed by atoms with E-state index in [1.54, 1.807) is 12.1 Å². The molecule has 4 heteroatoms. The van der Waals surface area contributed by atoms with Crippen molar-refractivity contribution in [1.82, 2.24) is 0 Å². The lowest BCUT2D eigenvalue weighted by atomic mass is 10.2. The zero-order valence-corrected chi connectivity index (χ0v) is 8.36. The monoisotopic (exact) mass is 279 g/mol. The van der Waals surface area contributed by atoms with Crippen LogP contribution in [0.25, 0.3) is 0 Å². The molecule has 0 aliphatic rings. The molecule has 0 spiro atoms. The van der Waals surface area contributed by atoms with Gasteiger partial charge in [0.05, 0.1) is 9.13 Å². The van der Waals surface area contributed by atoms with E-state index in [1.165, 1.54) is 6.07 Å². The van der Waals surface area contributed by atoms with Crippen LogP contribution >= 0.6 is 35.2 Å². The molecule has 0 unspecified atom stereocenters. The number of benzene rings is 1. The first-order valence-corrected chi connectivity index (χ1v) is 4.26. The van der Waals surface area contributed by atoms with Crippen molar-refractivity contribution in [2.75, 3.05) is 0 Å². The number of rotatable bonds is 0. The van der Waals surface area contributed by atoms with Crippen molar-refractivity contribution in [2.45, 2.75) is 4.90 Å². The highest BCUT2D eigenvalue weighted by Gasteiger charge is 2.05. The van der Waals surface area contributed by atoms with Crippen molar-refractivity contribution in [3.63, 3.8) is 0 Å². The normalized spacial score (nSPS) is 9.27. The Morgan fingerprint density at radius 3 is 2.73 bits per heavy atom. The second kappa shape index (κ2) is 3.41. The largest absolute Gasteiger partial charge is 0.204 e. The van der Waals surface area contributed by atoms with Crippen LogP contribution in [0.15, 0.2) is 17.0 Å². The summed E-state index contributed by atoms with van der Waals surface area (Å²) in [5.74, 6) is -0.467. The molecule has 0 bridgehead atoms. The number of nitrogens with zero attached hydrogens (tertiary/aromatic N) is 1. The molecule has 56 valence electrons. The van der Waals surface area contributed by atoms with E-state index in [0.717, 1.165) is 0 Å². The predicted molar refractivity (Wildman–Crippen MR) is 51.1 cm³/mol. The van der Waals surface area contributed by atoms with E-state index in [2.05, 4.69) is 12.6 Å². The summed E-state index contributed by atoms with van der Waals surface area (Å²) < 4.78 is 13.3. The van der Waals surface area contributed by atoms with Crippen LogP contribution in [0.3, 0.4) is 0 Å². The maximum atomic E-state index is 12.9. The zero-order chi connectivity index (χ0) is 8.43. The summed E-state index contributed by atoms with van der Waals surface area (Å²) in [7, 11) is 0. The van der Waals surface area contributed by atoms with Gasteiger partial charge in [0.15, 0.2) is 5.82 Å². The molecule has 11 heavy (non-hydrogen) atoms. The molecular formula is C7H3FINS. The molecule has 0 saturated heterocycles. The smallest absolute Gasteiger partial charge is 0.154 e. The van der Waals surface area contributed by atoms with Crippen LogP contribution < -0.4 is 0 Å². The van der Waals surface area contributed by atoms with Crippen LogP contribution in [-0.2, 0) is 0 Å². The SMILES string of the molecule is N#Cc1cc(S)cc(I)c1F. The number of thiol groups is 1. The first-order chi connectivity index (χ1) is 5.15. The van der Waals surface area contributed by atoms with E-state index in [9.17, 15) is 4.39 Å². The summed E-state index contributed by atoms with van der Waals surface area (Å²) in [4.78, 5) is 0.604. The second-order valence-corrected chi connectivity index (χ2v) is 3.58. The van der Waals surface area contributed by atoms with Gasteiger partial charge < -0.3 is 0 Å². The average Bonchev–Trinajstić information content (AvgIpc) is 1.96. The van der Waals surface area contributed by atoms with Gasteiger partial charge in [-0.1, -0.05) is 0 Å². The van der Waals surface area contributed by atoms with Crippen molar-refractivity contribution in [3.8, 4) is 6.07 Å². The number of nitriles is 1. The molecule has 1 aromatic rings. The Morgan fingerprint density at radius 1 is 1.55 bits per heavy atom. The Labute approximate surface area is 82.8 Å². The first kappa shape index (κ1) is 8.81. The van der Waals surface area contributed by atoms with Crippen LogP contribution in [0.1, 0.15) is 5.56 Å². The molecule has 0 aromatic heterocycles. The van der Waals surface area contributed by atoms with Crippen LogP contribution in [0.2, 0.25) is 0 Å². The lowest BCUT2D eigenvalue weighted by Gasteiger charge is -1.97. The van der Waals surface area contributed by atoms with E-state index in [0.29, 0.717) is 8.47 Å². The van der Waals surface area contributed by atoms with Crippen LogP contribution in [0.5, 0.6) is 0 Å². The fraction of sp³-hybridized carbons (Fsp3) is 0. The Bertz CT molecular complexity index is 332. The van der Waals surface area contributed by atoms with Crippen molar-refractivity contribution in [3.05, 3.63) is 27.1 Å². The maximum absolute atomic E-state index is 12.9. The number of hydrogen-bond donors (Lipinski definition) is 1. The van der Waals surface area contributed by atoms with Crippen LogP contribution in [0.4, 0.5) is 4.39 Å². The highest BCUT2D eigenvalue weighted by atomic mass is 127. The highest BCUT2D eigenvalue weighted by molar-refractivity contribution is 14.1. The van der Waals surface area contributed by atoms with Gasteiger partial charge in [-0.3, -0.25) is 0 Å². The molecule has 0 amide bonds. The maximum Gasteiger partial charge on any atom is 0.154 e. The van der Waals surface area contributed by atoms with E-state index in [-0.39, 0.29) is 5.56 Å². The summed E-state index contributed by atoms with van der Waals surface area (Å²) in [6, 6.07) is 4.72. The van der Waals surface area contributed by atoms with E-state index in [4.69, 9.17) is 5.26 Å². The van der Waals surface area contributed by atoms with Gasteiger partial charge in [0.2, 0.25) is 0 Å². The molecule has 0 aliphatic heterocycles. The third-order valence-electron chi connectivity index (χ3n) is 1.13. The molecule has 0 N–H and O–H groups in total. The minimum atomic E-state index is -0.467. The Balaban J connectivity index is 3.39. The lowest BCUT2D eigenvalue weighted by Crippen LogP contribution is -1.87. The highest BCUT2D eigenvalue weighted by Crippen LogP contribution is 2.19. The fourth-order valence-corrected chi connectivity index (χ4v) is 1.79. The van der Waals surface area contributed by atoms with Gasteiger partial charge in [-0.15, -0.1) is 12.6 Å². The molecule has 0 fully saturated rings. The van der Waals surface area contributed by atoms with E-state index in [1.807, 2.05) is 22.6 Å². The third-order valence-corrected chi connectivity index (χ3v) is 2.18. The summed E-state index contributed by atoms with van der Waals surface area (Å²) in [5.41, 5.74) is 0.0434. The van der Waals surface area contributed by atoms with Gasteiger partial charge in [0, 0.05) is 4.90 Å². The summed E-state index contributed by atoms with van der Waals surface area (Å²) in [6.07, 6.45) is 0. The standard InChI is InChI=1S/C7H3FINS/c8-7-4(3-10)1-5(11)2-6(7)9/h1-2,11H. The van der Waals surface area contributed by atoms with Gasteiger partial charge in [0.25, 0.3) is 0 Å². The van der Waals surface area contributed by atoms with Crippen LogP contribution in [0, 0.1) is 20.7 Å². The van der Waals surface area contributed by atoms with Gasteiger partial charge in [0.1, 0.15) is 6.07 Å². The van der Waals surface area contributed by atoms with Crippen molar-refractivity contribution in [1.29, 1.82) is 5.26 Å². The van der Waals surface area contributed by atoms with Crippen molar-refractivity contribution < 1.29 is 4.39 Å². The van der Waals surface area contributed by atoms with Gasteiger partial charge >= 0.3 is 0 Å². The second-order valence-electron chi connectivity index (χ2n) is 1.90. The van der Waals surface area contributed by atoms with Crippen LogP contribution in [-0.4, -0.2) is 0 Å². The van der Waals surface area contributed by atoms with Gasteiger partial charge in [-0.25, -0.2) is 4.39 Å². The third kappa shape index (κ3) is 1.84. The number of hydrogen-bond acceptors (Lipinski definition) is 2. The average molecular weight is 279 g/mol. The van der Waals surface area contributed by atoms with Crippen molar-refractivity contribution in [2.24, 2.45) is 0 Å². The molecule has 0 atom stereocenters. The first-order valence-electron chi connectivity index (χ1n) is 2.73. The molecule has 0 heterocycles. The molecule has 0 radical (unpaired) electrons. The minimum Gasteiger partial charge on any atom is -0.204 e. The quantitative estimate of drug-likeness (QED) is 0.572. The molecular weight excluding hydrogens is 276 g/mol. The molecule has 1 nitrogen and oxygen atoms in total. The number of halogens is 2. The fourth-order valence-electron chi connectivity index (χ4n) is 0.656. The van der Waals surface area contributed by atoms with Gasteiger partial charge in [-0.05, 0) is 34.7 Å². The predicted octanol–water partition coefficient (Wildman–Crippen LogP) is 2.59. The molecule has 1 rings (SSSR count). The topological polar surface area (TPSA) is 23.8 Å². The van der Waals surface area contributed by atoms with E-state index >= 15 is 0 Å². The van der Waals surface area contributed by atoms with E-state index < -0.39 is 5.82 Å². The zero-order valence-electron chi connectivity index (χ0n) is 5.31. The lowest BCUT2D eigenvalue weighted by molar-refractivity contribution is 0.615. The van der Waals surface area contributed by atoms with Crippen molar-refractivity contribution >= 4 is 35.2 Å². The molecule has 0 aliphatic carbocycles. The van der Waals surface area contributed by atoms with Gasteiger partial charge in [-0.2, -0.15) is 5.26 Å². The summed E-state index contributed by atoms with van der Waals surface area (Å²) in [5, 5.41) is 8.44. The summed E-state index contributed by atoms with van der Waals surface area (Å²) >= 11 is 5.83. The summed E-state index contributed by atoms with van der Waals surface area (Å²) in [6.45, 7) is 0. The Kier molecular flexibility index (Phi) is 2.73. The Morgan fingerprint density at radius 2 is 2.18 bits per heavy atom. The molecule has 1 aromatic carbocycles. The molecule has 0 saturated carbocycles. The minimum absolute atomic E-state index is 0.0434.